The summed E-state index contributed by atoms with van der Waals surface area (Å²) in [7, 11) is 4.91. The van der Waals surface area contributed by atoms with Gasteiger partial charge in [0.05, 0.1) is 46.1 Å². The van der Waals surface area contributed by atoms with Gasteiger partial charge in [0.15, 0.2) is 0 Å². The fraction of sp³-hybridized carbons (Fsp3) is 0.333. The molecule has 0 aliphatic rings. The molecule has 286 valence electrons. The van der Waals surface area contributed by atoms with Gasteiger partial charge in [0.1, 0.15) is 11.4 Å². The number of aryl methyl sites for hydroxylation is 6. The van der Waals surface area contributed by atoms with Gasteiger partial charge in [-0.3, -0.25) is 23.7 Å². The second kappa shape index (κ2) is 15.0. The van der Waals surface area contributed by atoms with Gasteiger partial charge in [-0.05, 0) is 90.1 Å². The summed E-state index contributed by atoms with van der Waals surface area (Å²) in [6.07, 6.45) is 0. The fourth-order valence-electron chi connectivity index (χ4n) is 6.77. The van der Waals surface area contributed by atoms with E-state index in [2.05, 4.69) is 20.2 Å². The highest BCUT2D eigenvalue weighted by Crippen LogP contribution is 2.21. The minimum atomic E-state index is -0.571. The molecule has 0 radical (unpaired) electrons. The Morgan fingerprint density at radius 3 is 1.49 bits per heavy atom. The van der Waals surface area contributed by atoms with Gasteiger partial charge in [0.2, 0.25) is 17.1 Å². The van der Waals surface area contributed by atoms with Gasteiger partial charge in [-0.1, -0.05) is 11.1 Å². The molecule has 0 unspecified atom stereocenters. The van der Waals surface area contributed by atoms with E-state index in [0.29, 0.717) is 82.4 Å². The largest absolute Gasteiger partial charge is 0.465 e. The number of aromatic nitrogens is 8. The van der Waals surface area contributed by atoms with Gasteiger partial charge in [-0.25, -0.2) is 4.79 Å². The molecular formula is C39H45N11O5. The number of methoxy groups -OCH3 is 1. The average Bonchev–Trinajstić information content (AvgIpc) is 3.89. The number of rotatable bonds is 10. The lowest BCUT2D eigenvalue weighted by Crippen LogP contribution is -2.28. The third-order valence-electron chi connectivity index (χ3n) is 9.81. The molecule has 0 saturated heterocycles. The van der Waals surface area contributed by atoms with Crippen molar-refractivity contribution in [1.82, 2.24) is 37.8 Å². The Balaban J connectivity index is 1.50. The van der Waals surface area contributed by atoms with Crippen LogP contribution in [0.4, 0.5) is 0 Å². The van der Waals surface area contributed by atoms with E-state index >= 15 is 0 Å². The highest BCUT2D eigenvalue weighted by Gasteiger charge is 2.20. The topological polar surface area (TPSA) is 184 Å². The van der Waals surface area contributed by atoms with Crippen LogP contribution in [-0.2, 0) is 45.0 Å². The van der Waals surface area contributed by atoms with E-state index < -0.39 is 23.7 Å². The van der Waals surface area contributed by atoms with E-state index in [1.54, 1.807) is 75.1 Å². The molecule has 16 nitrogen and oxygen atoms in total. The van der Waals surface area contributed by atoms with E-state index in [9.17, 15) is 19.2 Å². The zero-order valence-corrected chi connectivity index (χ0v) is 32.5. The van der Waals surface area contributed by atoms with Crippen molar-refractivity contribution in [1.29, 1.82) is 0 Å². The van der Waals surface area contributed by atoms with E-state index in [-0.39, 0.29) is 0 Å². The van der Waals surface area contributed by atoms with Crippen molar-refractivity contribution in [2.45, 2.75) is 67.7 Å². The Morgan fingerprint density at radius 2 is 1.09 bits per heavy atom. The summed E-state index contributed by atoms with van der Waals surface area (Å²) in [5, 5.41) is 8.84. The molecule has 0 saturated carbocycles. The minimum Gasteiger partial charge on any atom is -0.465 e. The van der Waals surface area contributed by atoms with Crippen LogP contribution in [0.3, 0.4) is 0 Å². The molecule has 16 heteroatoms. The van der Waals surface area contributed by atoms with Crippen LogP contribution in [0.25, 0.3) is 22.1 Å². The van der Waals surface area contributed by atoms with Gasteiger partial charge in [-0.15, -0.1) is 0 Å². The Morgan fingerprint density at radius 1 is 0.673 bits per heavy atom. The molecule has 0 fully saturated rings. The summed E-state index contributed by atoms with van der Waals surface area (Å²) < 4.78 is 15.6. The Bertz CT molecular complexity index is 2720. The summed E-state index contributed by atoms with van der Waals surface area (Å²) in [5.41, 5.74) is 13.9. The number of amides is 3. The molecule has 2 N–H and O–H groups in total. The van der Waals surface area contributed by atoms with Gasteiger partial charge in [0.25, 0.3) is 11.8 Å². The van der Waals surface area contributed by atoms with E-state index in [1.807, 2.05) is 56.7 Å². The van der Waals surface area contributed by atoms with E-state index in [1.165, 1.54) is 7.11 Å². The van der Waals surface area contributed by atoms with Crippen molar-refractivity contribution < 1.29 is 23.9 Å². The predicted molar refractivity (Wildman–Crippen MR) is 205 cm³/mol. The second-order valence-corrected chi connectivity index (χ2v) is 13.5. The first-order chi connectivity index (χ1) is 26.2. The van der Waals surface area contributed by atoms with Crippen molar-refractivity contribution in [3.8, 4) is 0 Å². The van der Waals surface area contributed by atoms with Crippen molar-refractivity contribution >= 4 is 45.8 Å². The van der Waals surface area contributed by atoms with Crippen molar-refractivity contribution in [3.05, 3.63) is 105 Å². The van der Waals surface area contributed by atoms with Crippen molar-refractivity contribution in [3.63, 3.8) is 0 Å². The molecule has 0 aliphatic heterocycles. The Hall–Kier alpha value is -6.58. The van der Waals surface area contributed by atoms with Gasteiger partial charge >= 0.3 is 5.97 Å². The summed E-state index contributed by atoms with van der Waals surface area (Å²) in [4.78, 5) is 61.3. The zero-order chi connectivity index (χ0) is 39.9. The first-order valence-corrected chi connectivity index (χ1v) is 17.9. The maximum Gasteiger partial charge on any atom is 0.337 e. The number of nitrogens with two attached hydrogens (primary N) is 1. The summed E-state index contributed by atoms with van der Waals surface area (Å²) in [6, 6.07) is 13.8. The van der Waals surface area contributed by atoms with Crippen LogP contribution in [0, 0.1) is 13.8 Å². The number of allylic oxidation sites excluding steroid dienone is 2. The number of primary amides is 1. The van der Waals surface area contributed by atoms with Crippen LogP contribution in [0.1, 0.15) is 80.8 Å². The van der Waals surface area contributed by atoms with Gasteiger partial charge < -0.3 is 28.7 Å². The van der Waals surface area contributed by atoms with Crippen LogP contribution in [0.5, 0.6) is 0 Å². The van der Waals surface area contributed by atoms with Crippen molar-refractivity contribution in [2.24, 2.45) is 29.8 Å². The average molecular weight is 748 g/mol. The monoisotopic (exact) mass is 747 g/mol. The lowest BCUT2D eigenvalue weighted by Gasteiger charge is -2.12. The standard InChI is InChI=1S/C39H45N11O5/c1-10-49-32(16-24(5)43-49)35(52)41-38-45(7)30-18-26(34(40)51)12-14-28(30)47(38)20-22(3)23(4)21-48-29-15-13-27(37(54)55-9)19-31(29)46(8)39(48)42-36(53)33-17-25(6)44-50(33)11-2/h12-19H,10-11,20-21H2,1-9H3,(H2,40,51)/b23-22+,41-38?,42-39?. The Kier molecular flexibility index (Phi) is 10.4. The molecule has 4 aromatic heterocycles. The molecule has 0 bridgehead atoms. The minimum absolute atomic E-state index is 0.326. The molecule has 0 spiro atoms. The summed E-state index contributed by atoms with van der Waals surface area (Å²) in [6.45, 7) is 13.1. The molecule has 55 heavy (non-hydrogen) atoms. The lowest BCUT2D eigenvalue weighted by atomic mass is 10.1. The maximum atomic E-state index is 13.7. The molecule has 6 rings (SSSR count). The summed E-state index contributed by atoms with van der Waals surface area (Å²) in [5.74, 6) is -1.96. The number of ether oxygens (including phenoxy) is 1. The van der Waals surface area contributed by atoms with Crippen LogP contribution in [0.15, 0.2) is 69.7 Å². The zero-order valence-electron chi connectivity index (χ0n) is 32.5. The highest BCUT2D eigenvalue weighted by atomic mass is 16.5. The van der Waals surface area contributed by atoms with Crippen LogP contribution in [-0.4, -0.2) is 68.6 Å². The smallest absolute Gasteiger partial charge is 0.337 e. The van der Waals surface area contributed by atoms with Crippen LogP contribution >= 0.6 is 0 Å². The highest BCUT2D eigenvalue weighted by molar-refractivity contribution is 5.97. The third-order valence-corrected chi connectivity index (χ3v) is 9.81. The number of carbonyl (C=O) groups excluding carboxylic acids is 4. The quantitative estimate of drug-likeness (QED) is 0.164. The maximum absolute atomic E-state index is 13.7. The number of hydrogen-bond donors (Lipinski definition) is 1. The first-order valence-electron chi connectivity index (χ1n) is 17.9. The second-order valence-electron chi connectivity index (χ2n) is 13.5. The number of esters is 1. The number of nitrogens with zero attached hydrogens (tertiary/aromatic N) is 10. The number of fused-ring (bicyclic) bond motifs is 2. The molecule has 2 aromatic carbocycles. The number of benzene rings is 2. The molecule has 6 aromatic rings. The molecular weight excluding hydrogens is 703 g/mol. The normalized spacial score (nSPS) is 12.9. The number of carbonyl (C=O) groups is 4. The number of imidazole rings is 2. The SMILES string of the molecule is CCn1nc(C)cc1C(=O)N=c1n(C)c2cc(C(N)=O)ccc2n1C/C(C)=C(\C)Cn1c(=NC(=O)c2cc(C)nn2CC)n(C)c2cc(C(=O)OC)ccc21. The lowest BCUT2D eigenvalue weighted by molar-refractivity contribution is 0.0600. The van der Waals surface area contributed by atoms with Crippen LogP contribution in [0.2, 0.25) is 0 Å². The fourth-order valence-corrected chi connectivity index (χ4v) is 6.77. The molecule has 3 amide bonds. The van der Waals surface area contributed by atoms with Gasteiger partial charge in [0, 0.05) is 45.8 Å². The van der Waals surface area contributed by atoms with E-state index in [4.69, 9.17) is 10.5 Å². The number of hydrogen-bond acceptors (Lipinski definition) is 7. The first kappa shape index (κ1) is 38.2. The van der Waals surface area contributed by atoms with E-state index in [0.717, 1.165) is 22.2 Å². The summed E-state index contributed by atoms with van der Waals surface area (Å²) >= 11 is 0. The van der Waals surface area contributed by atoms with Crippen LogP contribution < -0.4 is 17.0 Å². The third kappa shape index (κ3) is 7.10. The van der Waals surface area contributed by atoms with Gasteiger partial charge in [-0.2, -0.15) is 20.2 Å². The molecule has 0 atom stereocenters. The Labute approximate surface area is 316 Å². The predicted octanol–water partition coefficient (Wildman–Crippen LogP) is 3.73. The molecule has 4 heterocycles. The van der Waals surface area contributed by atoms with Crippen molar-refractivity contribution in [2.75, 3.05) is 7.11 Å². The molecule has 0 aliphatic carbocycles.